The summed E-state index contributed by atoms with van der Waals surface area (Å²) in [5.41, 5.74) is 2.98. The average Bonchev–Trinajstić information content (AvgIpc) is 3.14. The van der Waals surface area contributed by atoms with Crippen molar-refractivity contribution in [2.45, 2.75) is 19.6 Å². The van der Waals surface area contributed by atoms with Crippen LogP contribution in [-0.2, 0) is 19.6 Å². The van der Waals surface area contributed by atoms with Crippen molar-refractivity contribution in [3.63, 3.8) is 0 Å². The fourth-order valence-corrected chi connectivity index (χ4v) is 3.17. The average molecular weight is 372 g/mol. The molecule has 0 aliphatic rings. The third kappa shape index (κ3) is 5.31. The second kappa shape index (κ2) is 8.65. The van der Waals surface area contributed by atoms with Gasteiger partial charge in [-0.1, -0.05) is 29.8 Å². The van der Waals surface area contributed by atoms with Crippen LogP contribution in [-0.4, -0.2) is 15.9 Å². The quantitative estimate of drug-likeness (QED) is 0.682. The van der Waals surface area contributed by atoms with Gasteiger partial charge in [-0.15, -0.1) is 0 Å². The summed E-state index contributed by atoms with van der Waals surface area (Å²) in [6.07, 6.45) is 1.74. The standard InChI is InChI=1S/C19H18ClN3OS/c20-17-6-4-15(5-7-17)11-22-19(24)23(12-16-8-10-25-14-16)13-18-3-1-2-9-21-18/h1-10,14H,11-13H2,(H,22,24). The van der Waals surface area contributed by atoms with Crippen molar-refractivity contribution < 1.29 is 4.79 Å². The van der Waals surface area contributed by atoms with Crippen molar-refractivity contribution >= 4 is 29.0 Å². The molecule has 2 amide bonds. The zero-order chi connectivity index (χ0) is 17.5. The zero-order valence-electron chi connectivity index (χ0n) is 13.6. The lowest BCUT2D eigenvalue weighted by atomic mass is 10.2. The number of nitrogens with one attached hydrogen (secondary N) is 1. The van der Waals surface area contributed by atoms with Crippen LogP contribution < -0.4 is 5.32 Å². The molecule has 0 fully saturated rings. The van der Waals surface area contributed by atoms with Crippen LogP contribution in [0.2, 0.25) is 5.02 Å². The van der Waals surface area contributed by atoms with Gasteiger partial charge in [0.15, 0.2) is 0 Å². The van der Waals surface area contributed by atoms with Gasteiger partial charge in [-0.2, -0.15) is 11.3 Å². The highest BCUT2D eigenvalue weighted by Crippen LogP contribution is 2.13. The van der Waals surface area contributed by atoms with E-state index in [-0.39, 0.29) is 6.03 Å². The molecule has 4 nitrogen and oxygen atoms in total. The SMILES string of the molecule is O=C(NCc1ccc(Cl)cc1)N(Cc1ccsc1)Cc1ccccn1. The number of thiophene rings is 1. The maximum atomic E-state index is 12.7. The summed E-state index contributed by atoms with van der Waals surface area (Å²) in [4.78, 5) is 18.8. The highest BCUT2D eigenvalue weighted by atomic mass is 35.5. The van der Waals surface area contributed by atoms with Crippen LogP contribution in [0.5, 0.6) is 0 Å². The molecule has 0 radical (unpaired) electrons. The minimum absolute atomic E-state index is 0.119. The summed E-state index contributed by atoms with van der Waals surface area (Å²) in [5.74, 6) is 0. The zero-order valence-corrected chi connectivity index (χ0v) is 15.1. The molecule has 1 aromatic carbocycles. The Morgan fingerprint density at radius 2 is 1.92 bits per heavy atom. The van der Waals surface area contributed by atoms with E-state index in [1.54, 1.807) is 22.4 Å². The molecular formula is C19H18ClN3OS. The van der Waals surface area contributed by atoms with Gasteiger partial charge in [-0.25, -0.2) is 4.79 Å². The van der Waals surface area contributed by atoms with Crippen molar-refractivity contribution in [1.29, 1.82) is 0 Å². The van der Waals surface area contributed by atoms with Crippen molar-refractivity contribution in [3.05, 3.63) is 87.3 Å². The molecule has 0 unspecified atom stereocenters. The number of benzene rings is 1. The topological polar surface area (TPSA) is 45.2 Å². The highest BCUT2D eigenvalue weighted by Gasteiger charge is 2.15. The number of rotatable bonds is 6. The van der Waals surface area contributed by atoms with Crippen LogP contribution >= 0.6 is 22.9 Å². The molecule has 0 spiro atoms. The van der Waals surface area contributed by atoms with Crippen LogP contribution in [0.15, 0.2) is 65.5 Å². The van der Waals surface area contributed by atoms with Gasteiger partial charge in [0, 0.05) is 24.3 Å². The molecule has 0 aliphatic heterocycles. The number of carbonyl (C=O) groups excluding carboxylic acids is 1. The normalized spacial score (nSPS) is 10.4. The Morgan fingerprint density at radius 3 is 2.60 bits per heavy atom. The summed E-state index contributed by atoms with van der Waals surface area (Å²) in [5, 5.41) is 7.72. The predicted molar refractivity (Wildman–Crippen MR) is 101 cm³/mol. The predicted octanol–water partition coefficient (Wildman–Crippen LogP) is 4.71. The summed E-state index contributed by atoms with van der Waals surface area (Å²) < 4.78 is 0. The second-order valence-electron chi connectivity index (χ2n) is 5.59. The Bertz CT molecular complexity index is 791. The molecule has 0 saturated carbocycles. The van der Waals surface area contributed by atoms with E-state index in [9.17, 15) is 4.79 Å². The van der Waals surface area contributed by atoms with Crippen molar-refractivity contribution in [2.75, 3.05) is 0 Å². The summed E-state index contributed by atoms with van der Waals surface area (Å²) in [6, 6.07) is 15.1. The molecule has 6 heteroatoms. The summed E-state index contributed by atoms with van der Waals surface area (Å²) in [6.45, 7) is 1.47. The minimum atomic E-state index is -0.119. The van der Waals surface area contributed by atoms with Gasteiger partial charge in [0.25, 0.3) is 0 Å². The van der Waals surface area contributed by atoms with E-state index in [0.717, 1.165) is 16.8 Å². The largest absolute Gasteiger partial charge is 0.334 e. The minimum Gasteiger partial charge on any atom is -0.334 e. The molecule has 3 rings (SSSR count). The first kappa shape index (κ1) is 17.5. The Kier molecular flexibility index (Phi) is 6.04. The van der Waals surface area contributed by atoms with E-state index < -0.39 is 0 Å². The van der Waals surface area contributed by atoms with Crippen molar-refractivity contribution in [3.8, 4) is 0 Å². The molecule has 0 aliphatic carbocycles. The number of halogens is 1. The van der Waals surface area contributed by atoms with Gasteiger partial charge < -0.3 is 10.2 Å². The molecule has 2 aromatic heterocycles. The highest BCUT2D eigenvalue weighted by molar-refractivity contribution is 7.07. The number of amides is 2. The molecule has 128 valence electrons. The maximum absolute atomic E-state index is 12.7. The van der Waals surface area contributed by atoms with Crippen LogP contribution in [0.4, 0.5) is 4.79 Å². The molecule has 0 bridgehead atoms. The first-order valence-electron chi connectivity index (χ1n) is 7.89. The fraction of sp³-hybridized carbons (Fsp3) is 0.158. The van der Waals surface area contributed by atoms with Crippen LogP contribution in [0.1, 0.15) is 16.8 Å². The Balaban J connectivity index is 1.66. The number of hydrogen-bond acceptors (Lipinski definition) is 3. The van der Waals surface area contributed by atoms with Gasteiger partial charge in [0.05, 0.1) is 12.2 Å². The maximum Gasteiger partial charge on any atom is 0.318 e. The van der Waals surface area contributed by atoms with Gasteiger partial charge in [-0.3, -0.25) is 4.98 Å². The lowest BCUT2D eigenvalue weighted by molar-refractivity contribution is 0.191. The van der Waals surface area contributed by atoms with E-state index in [0.29, 0.717) is 24.7 Å². The van der Waals surface area contributed by atoms with Crippen LogP contribution in [0, 0.1) is 0 Å². The number of nitrogens with zero attached hydrogens (tertiary/aromatic N) is 2. The third-order valence-corrected chi connectivity index (χ3v) is 4.66. The first-order valence-corrected chi connectivity index (χ1v) is 9.21. The van der Waals surface area contributed by atoms with E-state index in [1.165, 1.54) is 0 Å². The Labute approximate surface area is 156 Å². The summed E-state index contributed by atoms with van der Waals surface area (Å²) >= 11 is 7.52. The van der Waals surface area contributed by atoms with E-state index in [2.05, 4.69) is 15.7 Å². The molecule has 0 saturated heterocycles. The van der Waals surface area contributed by atoms with Crippen molar-refractivity contribution in [1.82, 2.24) is 15.2 Å². The van der Waals surface area contributed by atoms with Gasteiger partial charge in [0.2, 0.25) is 0 Å². The fourth-order valence-electron chi connectivity index (χ4n) is 2.38. The number of hydrogen-bond donors (Lipinski definition) is 1. The lowest BCUT2D eigenvalue weighted by Gasteiger charge is -2.22. The molecule has 1 N–H and O–H groups in total. The van der Waals surface area contributed by atoms with Gasteiger partial charge in [-0.05, 0) is 52.2 Å². The second-order valence-corrected chi connectivity index (χ2v) is 6.81. The number of aromatic nitrogens is 1. The van der Waals surface area contributed by atoms with E-state index in [1.807, 2.05) is 53.9 Å². The van der Waals surface area contributed by atoms with E-state index in [4.69, 9.17) is 11.6 Å². The number of urea groups is 1. The molecule has 0 atom stereocenters. The number of carbonyl (C=O) groups is 1. The smallest absolute Gasteiger partial charge is 0.318 e. The van der Waals surface area contributed by atoms with Gasteiger partial charge >= 0.3 is 6.03 Å². The van der Waals surface area contributed by atoms with Crippen LogP contribution in [0.25, 0.3) is 0 Å². The molecule has 2 heterocycles. The molecule has 25 heavy (non-hydrogen) atoms. The molecule has 3 aromatic rings. The molecular weight excluding hydrogens is 354 g/mol. The summed E-state index contributed by atoms with van der Waals surface area (Å²) in [7, 11) is 0. The monoisotopic (exact) mass is 371 g/mol. The Hall–Kier alpha value is -2.37. The lowest BCUT2D eigenvalue weighted by Crippen LogP contribution is -2.38. The van der Waals surface area contributed by atoms with Gasteiger partial charge in [0.1, 0.15) is 0 Å². The Morgan fingerprint density at radius 1 is 1.08 bits per heavy atom. The third-order valence-electron chi connectivity index (χ3n) is 3.68. The van der Waals surface area contributed by atoms with Crippen molar-refractivity contribution in [2.24, 2.45) is 0 Å². The van der Waals surface area contributed by atoms with E-state index >= 15 is 0 Å². The van der Waals surface area contributed by atoms with Crippen LogP contribution in [0.3, 0.4) is 0 Å². The number of pyridine rings is 1. The first-order chi connectivity index (χ1) is 12.2.